The van der Waals surface area contributed by atoms with Crippen molar-refractivity contribution in [1.29, 1.82) is 5.26 Å². The van der Waals surface area contributed by atoms with Crippen molar-refractivity contribution in [3.63, 3.8) is 0 Å². The number of hydrogen-bond donors (Lipinski definition) is 0. The van der Waals surface area contributed by atoms with Crippen LogP contribution in [0.1, 0.15) is 5.56 Å². The topological polar surface area (TPSA) is 98.3 Å². The molecule has 0 N–H and O–H groups in total. The van der Waals surface area contributed by atoms with Gasteiger partial charge in [-0.1, -0.05) is 0 Å². The number of benzene rings is 1. The van der Waals surface area contributed by atoms with Crippen LogP contribution in [0.25, 0.3) is 11.3 Å². The summed E-state index contributed by atoms with van der Waals surface area (Å²) in [6, 6.07) is 8.00. The van der Waals surface area contributed by atoms with Gasteiger partial charge in [-0.3, -0.25) is 15.1 Å². The molecule has 1 aromatic carbocycles. The average Bonchev–Trinajstić information content (AvgIpc) is 2.53. The van der Waals surface area contributed by atoms with Crippen LogP contribution >= 0.6 is 0 Å². The third kappa shape index (κ3) is 2.74. The normalized spacial score (nSPS) is 9.76. The highest BCUT2D eigenvalue weighted by Gasteiger charge is 2.17. The van der Waals surface area contributed by atoms with Crippen LogP contribution in [-0.2, 0) is 0 Å². The second kappa shape index (κ2) is 5.88. The Balaban J connectivity index is 2.55. The van der Waals surface area contributed by atoms with E-state index in [1.165, 1.54) is 38.6 Å². The lowest BCUT2D eigenvalue weighted by Gasteiger charge is -2.07. The largest absolute Gasteiger partial charge is 0.494 e. The maximum Gasteiger partial charge on any atom is 0.311 e. The van der Waals surface area contributed by atoms with Crippen molar-refractivity contribution in [2.45, 2.75) is 0 Å². The number of ether oxygens (including phenoxy) is 2. The van der Waals surface area contributed by atoms with Crippen LogP contribution in [0.5, 0.6) is 11.5 Å². The number of methoxy groups -OCH3 is 2. The summed E-state index contributed by atoms with van der Waals surface area (Å²) in [6.45, 7) is 0. The summed E-state index contributed by atoms with van der Waals surface area (Å²) in [5.74, 6) is 0.516. The van der Waals surface area contributed by atoms with Crippen LogP contribution in [0.15, 0.2) is 30.5 Å². The number of nitrogens with zero attached hydrogens (tertiary/aromatic N) is 3. The quantitative estimate of drug-likeness (QED) is 0.632. The number of nitriles is 1. The molecule has 0 aliphatic heterocycles. The lowest BCUT2D eigenvalue weighted by molar-refractivity contribution is -0.385. The second-order valence-corrected chi connectivity index (χ2v) is 4.03. The highest BCUT2D eigenvalue weighted by Crippen LogP contribution is 2.32. The molecular weight excluding hydrogens is 274 g/mol. The first kappa shape index (κ1) is 14.3. The smallest absolute Gasteiger partial charge is 0.311 e. The summed E-state index contributed by atoms with van der Waals surface area (Å²) in [7, 11) is 2.80. The standard InChI is InChI=1S/C14H11N3O4/c1-20-13-4-3-9(6-12(13)17(18)19)11-5-10(7-15)14(21-2)8-16-11/h3-6,8H,1-2H3. The van der Waals surface area contributed by atoms with E-state index in [-0.39, 0.29) is 11.4 Å². The van der Waals surface area contributed by atoms with E-state index in [9.17, 15) is 10.1 Å². The maximum absolute atomic E-state index is 11.0. The molecule has 0 bridgehead atoms. The van der Waals surface area contributed by atoms with Crippen LogP contribution in [0.2, 0.25) is 0 Å². The molecule has 0 spiro atoms. The van der Waals surface area contributed by atoms with Crippen LogP contribution in [-0.4, -0.2) is 24.1 Å². The van der Waals surface area contributed by atoms with Crippen molar-refractivity contribution >= 4 is 5.69 Å². The van der Waals surface area contributed by atoms with Gasteiger partial charge in [-0.15, -0.1) is 0 Å². The number of nitro groups is 1. The predicted octanol–water partition coefficient (Wildman–Crippen LogP) is 2.55. The molecule has 7 nitrogen and oxygen atoms in total. The van der Waals surface area contributed by atoms with Crippen LogP contribution < -0.4 is 9.47 Å². The zero-order chi connectivity index (χ0) is 15.4. The molecule has 1 heterocycles. The molecule has 21 heavy (non-hydrogen) atoms. The fourth-order valence-corrected chi connectivity index (χ4v) is 1.84. The molecule has 0 radical (unpaired) electrons. The minimum atomic E-state index is -0.531. The van der Waals surface area contributed by atoms with Gasteiger partial charge in [0.1, 0.15) is 6.07 Å². The molecule has 0 amide bonds. The summed E-state index contributed by atoms with van der Waals surface area (Å²) in [5, 5.41) is 20.1. The minimum absolute atomic E-state index is 0.161. The Morgan fingerprint density at radius 1 is 1.24 bits per heavy atom. The van der Waals surface area contributed by atoms with E-state index >= 15 is 0 Å². The van der Waals surface area contributed by atoms with Crippen molar-refractivity contribution < 1.29 is 14.4 Å². The molecule has 0 fully saturated rings. The monoisotopic (exact) mass is 285 g/mol. The fraction of sp³-hybridized carbons (Fsp3) is 0.143. The van der Waals surface area contributed by atoms with Gasteiger partial charge in [0.2, 0.25) is 0 Å². The number of nitro benzene ring substituents is 1. The van der Waals surface area contributed by atoms with Crippen molar-refractivity contribution in [1.82, 2.24) is 4.98 Å². The van der Waals surface area contributed by atoms with Gasteiger partial charge in [-0.2, -0.15) is 5.26 Å². The highest BCUT2D eigenvalue weighted by atomic mass is 16.6. The number of pyridine rings is 1. The van der Waals surface area contributed by atoms with Crippen molar-refractivity contribution in [2.75, 3.05) is 14.2 Å². The van der Waals surface area contributed by atoms with Gasteiger partial charge < -0.3 is 9.47 Å². The summed E-state index contributed by atoms with van der Waals surface area (Å²) in [5.41, 5.74) is 1.10. The lowest BCUT2D eigenvalue weighted by atomic mass is 10.1. The first-order valence-corrected chi connectivity index (χ1v) is 5.87. The third-order valence-corrected chi connectivity index (χ3v) is 2.88. The molecule has 106 valence electrons. The Hall–Kier alpha value is -3.14. The van der Waals surface area contributed by atoms with E-state index in [1.807, 2.05) is 6.07 Å². The molecule has 0 aliphatic carbocycles. The van der Waals surface area contributed by atoms with E-state index < -0.39 is 4.92 Å². The van der Waals surface area contributed by atoms with Crippen LogP contribution in [0.3, 0.4) is 0 Å². The van der Waals surface area contributed by atoms with Crippen molar-refractivity contribution in [3.05, 3.63) is 46.1 Å². The maximum atomic E-state index is 11.0. The molecule has 0 atom stereocenters. The zero-order valence-corrected chi connectivity index (χ0v) is 11.4. The summed E-state index contributed by atoms with van der Waals surface area (Å²) in [4.78, 5) is 14.6. The molecule has 0 saturated carbocycles. The molecule has 7 heteroatoms. The Morgan fingerprint density at radius 3 is 2.52 bits per heavy atom. The van der Waals surface area contributed by atoms with Crippen LogP contribution in [0.4, 0.5) is 5.69 Å². The molecule has 1 aromatic heterocycles. The fourth-order valence-electron chi connectivity index (χ4n) is 1.84. The lowest BCUT2D eigenvalue weighted by Crippen LogP contribution is -1.95. The van der Waals surface area contributed by atoms with Gasteiger partial charge in [-0.25, -0.2) is 0 Å². The summed E-state index contributed by atoms with van der Waals surface area (Å²) in [6.07, 6.45) is 1.41. The summed E-state index contributed by atoms with van der Waals surface area (Å²) < 4.78 is 9.96. The molecule has 0 saturated heterocycles. The number of rotatable bonds is 4. The van der Waals surface area contributed by atoms with E-state index in [4.69, 9.17) is 14.7 Å². The van der Waals surface area contributed by atoms with Gasteiger partial charge >= 0.3 is 5.69 Å². The van der Waals surface area contributed by atoms with Crippen molar-refractivity contribution in [2.24, 2.45) is 0 Å². The number of aromatic nitrogens is 1. The van der Waals surface area contributed by atoms with Gasteiger partial charge in [0.05, 0.1) is 36.6 Å². The molecule has 0 aliphatic rings. The highest BCUT2D eigenvalue weighted by molar-refractivity contribution is 5.68. The Kier molecular flexibility index (Phi) is 4.00. The molecule has 0 unspecified atom stereocenters. The van der Waals surface area contributed by atoms with Gasteiger partial charge in [0.25, 0.3) is 0 Å². The number of hydrogen-bond acceptors (Lipinski definition) is 6. The Labute approximate surface area is 120 Å². The van der Waals surface area contributed by atoms with Crippen molar-refractivity contribution in [3.8, 4) is 28.8 Å². The van der Waals surface area contributed by atoms with E-state index in [2.05, 4.69) is 4.98 Å². The van der Waals surface area contributed by atoms with E-state index in [0.29, 0.717) is 22.6 Å². The molecule has 2 rings (SSSR count). The van der Waals surface area contributed by atoms with Crippen LogP contribution in [0, 0.1) is 21.4 Å². The third-order valence-electron chi connectivity index (χ3n) is 2.88. The SMILES string of the molecule is COc1cnc(-c2ccc(OC)c([N+](=O)[O-])c2)cc1C#N. The average molecular weight is 285 g/mol. The first-order chi connectivity index (χ1) is 10.1. The molecular formula is C14H11N3O4. The predicted molar refractivity (Wildman–Crippen MR) is 74.1 cm³/mol. The summed E-state index contributed by atoms with van der Waals surface area (Å²) >= 11 is 0. The Bertz CT molecular complexity index is 737. The second-order valence-electron chi connectivity index (χ2n) is 4.03. The Morgan fingerprint density at radius 2 is 1.95 bits per heavy atom. The van der Waals surface area contributed by atoms with Gasteiger partial charge in [0, 0.05) is 11.6 Å². The first-order valence-electron chi connectivity index (χ1n) is 5.87. The minimum Gasteiger partial charge on any atom is -0.494 e. The molecule has 2 aromatic rings. The van der Waals surface area contributed by atoms with Gasteiger partial charge in [-0.05, 0) is 18.2 Å². The zero-order valence-electron chi connectivity index (χ0n) is 11.4. The van der Waals surface area contributed by atoms with E-state index in [1.54, 1.807) is 6.07 Å². The van der Waals surface area contributed by atoms with E-state index in [0.717, 1.165) is 0 Å². The van der Waals surface area contributed by atoms with Gasteiger partial charge in [0.15, 0.2) is 11.5 Å².